The van der Waals surface area contributed by atoms with Crippen molar-refractivity contribution < 1.29 is 29.3 Å². The highest BCUT2D eigenvalue weighted by Gasteiger charge is 2.16. The van der Waals surface area contributed by atoms with Crippen molar-refractivity contribution in [3.05, 3.63) is 59.7 Å². The van der Waals surface area contributed by atoms with Crippen molar-refractivity contribution in [2.75, 3.05) is 14.2 Å². The molecule has 0 unspecified atom stereocenters. The molecule has 0 fully saturated rings. The summed E-state index contributed by atoms with van der Waals surface area (Å²) < 4.78 is 10.0. The lowest BCUT2D eigenvalue weighted by molar-refractivity contribution is -0.130. The average Bonchev–Trinajstić information content (AvgIpc) is 2.65. The molecule has 134 valence electrons. The first kappa shape index (κ1) is 18.7. The van der Waals surface area contributed by atoms with Crippen LogP contribution in [0.25, 0.3) is 0 Å². The standard InChI is InChI=1S/C18H16N2O6/c1-25-13-7-3-11(4-8-13)15(17(21)22)19-20-16(18(23)24)12-5-9-14(26-2)10-6-12/h3-10H,1-2H3,(H,21,22)(H,23,24)/b19-15+,20-16+. The van der Waals surface area contributed by atoms with E-state index in [2.05, 4.69) is 10.2 Å². The number of hydrogen-bond donors (Lipinski definition) is 2. The maximum absolute atomic E-state index is 11.5. The first-order chi connectivity index (χ1) is 12.5. The molecule has 8 heteroatoms. The van der Waals surface area contributed by atoms with Crippen LogP contribution in [0, 0.1) is 0 Å². The van der Waals surface area contributed by atoms with Crippen molar-refractivity contribution in [2.24, 2.45) is 10.2 Å². The summed E-state index contributed by atoms with van der Waals surface area (Å²) in [7, 11) is 2.97. The van der Waals surface area contributed by atoms with Crippen LogP contribution < -0.4 is 9.47 Å². The summed E-state index contributed by atoms with van der Waals surface area (Å²) in [5.41, 5.74) is -0.247. The Bertz CT molecular complexity index is 781. The van der Waals surface area contributed by atoms with Gasteiger partial charge in [0.05, 0.1) is 14.2 Å². The molecule has 0 atom stereocenters. The van der Waals surface area contributed by atoms with Crippen molar-refractivity contribution in [3.63, 3.8) is 0 Å². The minimum Gasteiger partial charge on any atom is -0.497 e. The van der Waals surface area contributed by atoms with E-state index in [1.807, 2.05) is 0 Å². The zero-order valence-corrected chi connectivity index (χ0v) is 14.0. The number of carbonyl (C=O) groups is 2. The summed E-state index contributed by atoms with van der Waals surface area (Å²) in [6, 6.07) is 12.3. The van der Waals surface area contributed by atoms with E-state index >= 15 is 0 Å². The van der Waals surface area contributed by atoms with Crippen molar-refractivity contribution >= 4 is 23.4 Å². The second-order valence-electron chi connectivity index (χ2n) is 4.96. The van der Waals surface area contributed by atoms with Gasteiger partial charge in [-0.1, -0.05) is 0 Å². The number of nitrogens with zero attached hydrogens (tertiary/aromatic N) is 2. The van der Waals surface area contributed by atoms with Crippen LogP contribution in [0.3, 0.4) is 0 Å². The molecule has 2 N–H and O–H groups in total. The third kappa shape index (κ3) is 4.44. The average molecular weight is 356 g/mol. The van der Waals surface area contributed by atoms with Gasteiger partial charge in [0.2, 0.25) is 0 Å². The van der Waals surface area contributed by atoms with Crippen molar-refractivity contribution in [1.29, 1.82) is 0 Å². The zero-order chi connectivity index (χ0) is 19.1. The van der Waals surface area contributed by atoms with E-state index in [1.165, 1.54) is 38.5 Å². The second-order valence-corrected chi connectivity index (χ2v) is 4.96. The summed E-state index contributed by atoms with van der Waals surface area (Å²) >= 11 is 0. The number of benzene rings is 2. The lowest BCUT2D eigenvalue weighted by Gasteiger charge is -2.04. The highest BCUT2D eigenvalue weighted by molar-refractivity contribution is 6.44. The predicted octanol–water partition coefficient (Wildman–Crippen LogP) is 2.07. The normalized spacial score (nSPS) is 11.8. The number of aliphatic carboxylic acids is 2. The number of ether oxygens (including phenoxy) is 2. The molecule has 8 nitrogen and oxygen atoms in total. The molecule has 0 amide bonds. The monoisotopic (exact) mass is 356 g/mol. The summed E-state index contributed by atoms with van der Waals surface area (Å²) in [5, 5.41) is 26.0. The molecule has 0 bridgehead atoms. The summed E-state index contributed by atoms with van der Waals surface area (Å²) in [6.07, 6.45) is 0. The molecule has 2 aromatic rings. The van der Waals surface area contributed by atoms with Gasteiger partial charge in [-0.3, -0.25) is 0 Å². The molecule has 0 aliphatic carbocycles. The Morgan fingerprint density at radius 1 is 0.692 bits per heavy atom. The number of carboxylic acid groups (broad SMARTS) is 2. The highest BCUT2D eigenvalue weighted by atomic mass is 16.5. The molecular formula is C18H16N2O6. The van der Waals surface area contributed by atoms with Gasteiger partial charge in [0.15, 0.2) is 11.4 Å². The fraction of sp³-hybridized carbons (Fsp3) is 0.111. The fourth-order valence-corrected chi connectivity index (χ4v) is 2.05. The first-order valence-electron chi connectivity index (χ1n) is 7.37. The zero-order valence-electron chi connectivity index (χ0n) is 14.0. The first-order valence-corrected chi connectivity index (χ1v) is 7.37. The van der Waals surface area contributed by atoms with E-state index in [0.717, 1.165) is 0 Å². The minimum absolute atomic E-state index is 0.265. The van der Waals surface area contributed by atoms with E-state index < -0.39 is 11.9 Å². The van der Waals surface area contributed by atoms with Crippen LogP contribution in [-0.2, 0) is 9.59 Å². The molecule has 26 heavy (non-hydrogen) atoms. The molecular weight excluding hydrogens is 340 g/mol. The third-order valence-electron chi connectivity index (χ3n) is 3.38. The summed E-state index contributed by atoms with van der Waals surface area (Å²) in [5.74, 6) is -1.57. The highest BCUT2D eigenvalue weighted by Crippen LogP contribution is 2.14. The Balaban J connectivity index is 2.44. The Hall–Kier alpha value is -3.68. The largest absolute Gasteiger partial charge is 0.497 e. The summed E-state index contributed by atoms with van der Waals surface area (Å²) in [4.78, 5) is 22.9. The maximum atomic E-state index is 11.5. The lowest BCUT2D eigenvalue weighted by atomic mass is 10.1. The Labute approximate surface area is 149 Å². The number of methoxy groups -OCH3 is 2. The summed E-state index contributed by atoms with van der Waals surface area (Å²) in [6.45, 7) is 0. The van der Waals surface area contributed by atoms with Crippen LogP contribution in [0.5, 0.6) is 11.5 Å². The molecule has 0 spiro atoms. The molecule has 2 rings (SSSR count). The van der Waals surface area contributed by atoms with Gasteiger partial charge in [-0.15, -0.1) is 10.2 Å². The quantitative estimate of drug-likeness (QED) is 0.579. The topological polar surface area (TPSA) is 118 Å². The van der Waals surface area contributed by atoms with E-state index in [1.54, 1.807) is 24.3 Å². The van der Waals surface area contributed by atoms with Gasteiger partial charge in [0, 0.05) is 11.1 Å². The van der Waals surface area contributed by atoms with Gasteiger partial charge in [-0.05, 0) is 48.5 Å². The molecule has 0 aromatic heterocycles. The van der Waals surface area contributed by atoms with Crippen molar-refractivity contribution in [2.45, 2.75) is 0 Å². The van der Waals surface area contributed by atoms with Crippen LogP contribution in [-0.4, -0.2) is 47.8 Å². The maximum Gasteiger partial charge on any atom is 0.357 e. The van der Waals surface area contributed by atoms with Crippen molar-refractivity contribution in [1.82, 2.24) is 0 Å². The van der Waals surface area contributed by atoms with Crippen LogP contribution in [0.4, 0.5) is 0 Å². The van der Waals surface area contributed by atoms with Crippen LogP contribution in [0.2, 0.25) is 0 Å². The van der Waals surface area contributed by atoms with Crippen LogP contribution in [0.15, 0.2) is 58.7 Å². The van der Waals surface area contributed by atoms with Gasteiger partial charge >= 0.3 is 11.9 Å². The molecule has 0 heterocycles. The van der Waals surface area contributed by atoms with E-state index in [0.29, 0.717) is 11.5 Å². The van der Waals surface area contributed by atoms with Gasteiger partial charge in [-0.2, -0.15) is 0 Å². The Morgan fingerprint density at radius 3 is 1.23 bits per heavy atom. The molecule has 0 aliphatic heterocycles. The van der Waals surface area contributed by atoms with E-state index in [4.69, 9.17) is 9.47 Å². The number of rotatable bonds is 7. The second kappa shape index (κ2) is 8.43. The van der Waals surface area contributed by atoms with Gasteiger partial charge in [0.25, 0.3) is 0 Å². The Morgan fingerprint density at radius 2 is 1.00 bits per heavy atom. The molecule has 0 saturated carbocycles. The third-order valence-corrected chi connectivity index (χ3v) is 3.38. The van der Waals surface area contributed by atoms with Gasteiger partial charge in [0.1, 0.15) is 11.5 Å². The molecule has 0 radical (unpaired) electrons. The van der Waals surface area contributed by atoms with Gasteiger partial charge < -0.3 is 19.7 Å². The lowest BCUT2D eigenvalue weighted by Crippen LogP contribution is -2.17. The Kier molecular flexibility index (Phi) is 6.05. The minimum atomic E-state index is -1.33. The van der Waals surface area contributed by atoms with E-state index in [-0.39, 0.29) is 22.6 Å². The molecule has 2 aromatic carbocycles. The fourth-order valence-electron chi connectivity index (χ4n) is 2.05. The predicted molar refractivity (Wildman–Crippen MR) is 94.3 cm³/mol. The molecule has 0 saturated heterocycles. The van der Waals surface area contributed by atoms with Crippen LogP contribution >= 0.6 is 0 Å². The number of carboxylic acids is 2. The van der Waals surface area contributed by atoms with Crippen molar-refractivity contribution in [3.8, 4) is 11.5 Å². The smallest absolute Gasteiger partial charge is 0.357 e. The van der Waals surface area contributed by atoms with Gasteiger partial charge in [-0.25, -0.2) is 9.59 Å². The van der Waals surface area contributed by atoms with Crippen LogP contribution in [0.1, 0.15) is 11.1 Å². The molecule has 0 aliphatic rings. The number of hydrogen-bond acceptors (Lipinski definition) is 6. The SMILES string of the molecule is COc1ccc(/C(=N\N=C(\C(=O)O)c2ccc(OC)cc2)C(=O)O)cc1. The van der Waals surface area contributed by atoms with E-state index in [9.17, 15) is 19.8 Å².